The van der Waals surface area contributed by atoms with Gasteiger partial charge in [-0.15, -0.1) is 11.3 Å². The Hall–Kier alpha value is -1.000. The van der Waals surface area contributed by atoms with Gasteiger partial charge in [0.05, 0.1) is 9.93 Å². The molecule has 0 amide bonds. The zero-order valence-electron chi connectivity index (χ0n) is 11.9. The summed E-state index contributed by atoms with van der Waals surface area (Å²) in [7, 11) is 0. The summed E-state index contributed by atoms with van der Waals surface area (Å²) in [6.07, 6.45) is 0. The highest BCUT2D eigenvalue weighted by Gasteiger charge is 2.21. The van der Waals surface area contributed by atoms with Crippen LogP contribution in [0.1, 0.15) is 18.9 Å². The first kappa shape index (κ1) is 15.9. The summed E-state index contributed by atoms with van der Waals surface area (Å²) in [5, 5.41) is 12.3. The number of rotatable bonds is 2. The van der Waals surface area contributed by atoms with E-state index >= 15 is 0 Å². The summed E-state index contributed by atoms with van der Waals surface area (Å²) in [6.45, 7) is 4.17. The predicted molar refractivity (Wildman–Crippen MR) is 101 cm³/mol. The molecule has 0 saturated carbocycles. The number of hydrogen-bond acceptors (Lipinski definition) is 5. The van der Waals surface area contributed by atoms with Gasteiger partial charge in [-0.1, -0.05) is 51.6 Å². The maximum atomic E-state index is 9.54. The van der Waals surface area contributed by atoms with Gasteiger partial charge in [-0.3, -0.25) is 0 Å². The number of halogens is 1. The Morgan fingerprint density at radius 3 is 2.36 bits per heavy atom. The van der Waals surface area contributed by atoms with E-state index in [1.54, 1.807) is 23.5 Å². The highest BCUT2D eigenvalue weighted by molar-refractivity contribution is 9.10. The van der Waals surface area contributed by atoms with Crippen molar-refractivity contribution in [1.29, 1.82) is 5.26 Å². The van der Waals surface area contributed by atoms with E-state index in [0.29, 0.717) is 5.57 Å². The Morgan fingerprint density at radius 1 is 1.14 bits per heavy atom. The summed E-state index contributed by atoms with van der Waals surface area (Å²) >= 11 is 8.29. The second-order valence-corrected chi connectivity index (χ2v) is 9.12. The Labute approximate surface area is 150 Å². The Morgan fingerprint density at radius 2 is 1.77 bits per heavy atom. The zero-order valence-corrected chi connectivity index (χ0v) is 15.9. The first-order valence-corrected chi connectivity index (χ1v) is 9.78. The second-order valence-electron chi connectivity index (χ2n) is 4.64. The van der Waals surface area contributed by atoms with Crippen LogP contribution in [0.15, 0.2) is 48.2 Å². The Kier molecular flexibility index (Phi) is 4.79. The van der Waals surface area contributed by atoms with Crippen molar-refractivity contribution in [2.75, 3.05) is 0 Å². The van der Waals surface area contributed by atoms with Crippen LogP contribution < -0.4 is 0 Å². The topological polar surface area (TPSA) is 36.7 Å². The average Bonchev–Trinajstić information content (AvgIpc) is 3.09. The third-order valence-corrected chi connectivity index (χ3v) is 7.18. The second kappa shape index (κ2) is 6.63. The Bertz CT molecular complexity index is 810. The molecule has 0 bridgehead atoms. The smallest absolute Gasteiger partial charge is 0.136 e. The van der Waals surface area contributed by atoms with Crippen LogP contribution in [0.3, 0.4) is 0 Å². The first-order valence-electron chi connectivity index (χ1n) is 6.48. The molecule has 6 heteroatoms. The highest BCUT2D eigenvalue weighted by Crippen LogP contribution is 2.51. The molecule has 2 heterocycles. The summed E-state index contributed by atoms with van der Waals surface area (Å²) in [4.78, 5) is 7.18. The fourth-order valence-corrected chi connectivity index (χ4v) is 5.59. The normalized spacial score (nSPS) is 14.4. The van der Waals surface area contributed by atoms with E-state index in [0.717, 1.165) is 25.0 Å². The zero-order chi connectivity index (χ0) is 15.7. The predicted octanol–water partition coefficient (Wildman–Crippen LogP) is 6.50. The summed E-state index contributed by atoms with van der Waals surface area (Å²) < 4.78 is 2.08. The standard InChI is InChI=1S/C16H11BrN2S3/c1-9-10(2)22-16(21-9)13(7-18)15-19-14(8-20-15)11-3-5-12(17)6-4-11/h3-6,8H,1-2H3. The molecule has 0 aliphatic carbocycles. The van der Waals surface area contributed by atoms with Crippen LogP contribution in [0.4, 0.5) is 0 Å². The molecule has 0 fully saturated rings. The van der Waals surface area contributed by atoms with Crippen LogP contribution in [0.5, 0.6) is 0 Å². The lowest BCUT2D eigenvalue weighted by molar-refractivity contribution is 1.37. The monoisotopic (exact) mass is 406 g/mol. The number of nitriles is 1. The maximum Gasteiger partial charge on any atom is 0.136 e. The van der Waals surface area contributed by atoms with E-state index in [4.69, 9.17) is 0 Å². The molecule has 22 heavy (non-hydrogen) atoms. The van der Waals surface area contributed by atoms with Crippen molar-refractivity contribution in [3.05, 3.63) is 53.2 Å². The van der Waals surface area contributed by atoms with Crippen LogP contribution in [-0.4, -0.2) is 4.98 Å². The molecular formula is C16H11BrN2S3. The molecule has 1 aromatic carbocycles. The SMILES string of the molecule is CC1=C(C)SC(=C(C#N)c2nc(-c3ccc(Br)cc3)cs2)S1. The molecular weight excluding hydrogens is 396 g/mol. The molecule has 0 radical (unpaired) electrons. The lowest BCUT2D eigenvalue weighted by Gasteiger charge is -1.99. The number of hydrogen-bond donors (Lipinski definition) is 0. The minimum absolute atomic E-state index is 0.680. The fraction of sp³-hybridized carbons (Fsp3) is 0.125. The molecule has 110 valence electrons. The number of aromatic nitrogens is 1. The molecule has 0 spiro atoms. The number of nitrogens with zero attached hydrogens (tertiary/aromatic N) is 2. The largest absolute Gasteiger partial charge is 0.235 e. The van der Waals surface area contributed by atoms with E-state index in [1.165, 1.54) is 21.1 Å². The third-order valence-electron chi connectivity index (χ3n) is 3.16. The van der Waals surface area contributed by atoms with Crippen LogP contribution in [0.2, 0.25) is 0 Å². The molecule has 2 nitrogen and oxygen atoms in total. The van der Waals surface area contributed by atoms with Gasteiger partial charge in [-0.2, -0.15) is 5.26 Å². The van der Waals surface area contributed by atoms with E-state index in [9.17, 15) is 5.26 Å². The lowest BCUT2D eigenvalue weighted by atomic mass is 10.2. The maximum absolute atomic E-state index is 9.54. The Balaban J connectivity index is 1.95. The quantitative estimate of drug-likeness (QED) is 0.533. The summed E-state index contributed by atoms with van der Waals surface area (Å²) in [5.74, 6) is 0. The van der Waals surface area contributed by atoms with Gasteiger partial charge in [0.2, 0.25) is 0 Å². The molecule has 0 atom stereocenters. The van der Waals surface area contributed by atoms with Gasteiger partial charge in [0, 0.05) is 15.4 Å². The number of benzene rings is 1. The highest BCUT2D eigenvalue weighted by atomic mass is 79.9. The van der Waals surface area contributed by atoms with Crippen molar-refractivity contribution < 1.29 is 0 Å². The number of thiazole rings is 1. The van der Waals surface area contributed by atoms with Crippen molar-refractivity contribution in [3.63, 3.8) is 0 Å². The van der Waals surface area contributed by atoms with Gasteiger partial charge >= 0.3 is 0 Å². The van der Waals surface area contributed by atoms with E-state index in [1.807, 2.05) is 29.6 Å². The lowest BCUT2D eigenvalue weighted by Crippen LogP contribution is -1.84. The molecule has 0 saturated heterocycles. The number of thioether (sulfide) groups is 2. The van der Waals surface area contributed by atoms with Crippen molar-refractivity contribution in [2.45, 2.75) is 13.8 Å². The number of allylic oxidation sites excluding steroid dienone is 3. The van der Waals surface area contributed by atoms with Crippen molar-refractivity contribution >= 4 is 56.4 Å². The van der Waals surface area contributed by atoms with Crippen molar-refractivity contribution in [1.82, 2.24) is 4.98 Å². The minimum atomic E-state index is 0.680. The van der Waals surface area contributed by atoms with Gasteiger partial charge in [0.1, 0.15) is 16.6 Å². The van der Waals surface area contributed by atoms with Gasteiger partial charge < -0.3 is 0 Å². The fourth-order valence-electron chi connectivity index (χ4n) is 1.87. The minimum Gasteiger partial charge on any atom is -0.235 e. The van der Waals surface area contributed by atoms with Gasteiger partial charge in [0.15, 0.2) is 0 Å². The van der Waals surface area contributed by atoms with Crippen LogP contribution in [0, 0.1) is 11.3 Å². The molecule has 3 rings (SSSR count). The van der Waals surface area contributed by atoms with Crippen LogP contribution >= 0.6 is 50.8 Å². The van der Waals surface area contributed by atoms with Gasteiger partial charge in [-0.25, -0.2) is 4.98 Å². The summed E-state index contributed by atoms with van der Waals surface area (Å²) in [5.41, 5.74) is 2.65. The molecule has 1 aromatic heterocycles. The third kappa shape index (κ3) is 3.18. The molecule has 0 N–H and O–H groups in total. The van der Waals surface area contributed by atoms with E-state index in [-0.39, 0.29) is 0 Å². The van der Waals surface area contributed by atoms with Crippen molar-refractivity contribution in [2.24, 2.45) is 0 Å². The average molecular weight is 407 g/mol. The van der Waals surface area contributed by atoms with E-state index in [2.05, 4.69) is 40.8 Å². The summed E-state index contributed by atoms with van der Waals surface area (Å²) in [6, 6.07) is 10.4. The van der Waals surface area contributed by atoms with Gasteiger partial charge in [-0.05, 0) is 35.8 Å². The van der Waals surface area contributed by atoms with Crippen molar-refractivity contribution in [3.8, 4) is 17.3 Å². The molecule has 2 aromatic rings. The van der Waals surface area contributed by atoms with E-state index < -0.39 is 0 Å². The molecule has 1 aliphatic heterocycles. The molecule has 0 unspecified atom stereocenters. The molecule has 1 aliphatic rings. The van der Waals surface area contributed by atoms with Gasteiger partial charge in [0.25, 0.3) is 0 Å². The van der Waals surface area contributed by atoms with Crippen LogP contribution in [-0.2, 0) is 0 Å². The van der Waals surface area contributed by atoms with Crippen LogP contribution in [0.25, 0.3) is 16.8 Å². The first-order chi connectivity index (χ1) is 10.6.